The predicted octanol–water partition coefficient (Wildman–Crippen LogP) is 1.58. The fourth-order valence-electron chi connectivity index (χ4n) is 3.64. The van der Waals surface area contributed by atoms with Gasteiger partial charge in [-0.25, -0.2) is 15.0 Å². The second-order valence-corrected chi connectivity index (χ2v) is 7.11. The number of carbonyl (C=O) groups is 1. The molecule has 2 aliphatic heterocycles. The molecular formula is C18H18N6O4. The Morgan fingerprint density at radius 3 is 2.86 bits per heavy atom. The number of aromatic nitrogens is 5. The molecule has 3 aromatic heterocycles. The van der Waals surface area contributed by atoms with Gasteiger partial charge in [0.05, 0.1) is 18.2 Å². The zero-order valence-electron chi connectivity index (χ0n) is 15.2. The number of rotatable bonds is 4. The molecule has 0 spiro atoms. The summed E-state index contributed by atoms with van der Waals surface area (Å²) in [5.41, 5.74) is 1.91. The quantitative estimate of drug-likeness (QED) is 0.672. The molecule has 28 heavy (non-hydrogen) atoms. The van der Waals surface area contributed by atoms with Crippen LogP contribution in [0.1, 0.15) is 20.1 Å². The maximum atomic E-state index is 11.5. The Balaban J connectivity index is 1.52. The summed E-state index contributed by atoms with van der Waals surface area (Å²) in [6, 6.07) is 3.70. The molecule has 10 heteroatoms. The maximum Gasteiger partial charge on any atom is 0.167 e. The van der Waals surface area contributed by atoms with Crippen LogP contribution in [0.25, 0.3) is 11.2 Å². The second kappa shape index (κ2) is 6.30. The number of ether oxygens (including phenoxy) is 3. The van der Waals surface area contributed by atoms with Crippen LogP contribution >= 0.6 is 0 Å². The molecule has 5 rings (SSSR count). The summed E-state index contributed by atoms with van der Waals surface area (Å²) in [5.74, 6) is -0.251. The van der Waals surface area contributed by atoms with Gasteiger partial charge in [0.1, 0.15) is 24.6 Å². The Morgan fingerprint density at radius 2 is 2.07 bits per heavy atom. The molecule has 5 heterocycles. The van der Waals surface area contributed by atoms with Crippen molar-refractivity contribution in [1.29, 1.82) is 0 Å². The van der Waals surface area contributed by atoms with Gasteiger partial charge >= 0.3 is 0 Å². The van der Waals surface area contributed by atoms with Crippen LogP contribution in [0.15, 0.2) is 37.2 Å². The van der Waals surface area contributed by atoms with E-state index < -0.39 is 30.3 Å². The highest BCUT2D eigenvalue weighted by atomic mass is 16.8. The molecule has 3 aromatic rings. The summed E-state index contributed by atoms with van der Waals surface area (Å²) in [4.78, 5) is 28.6. The molecule has 144 valence electrons. The normalized spacial score (nSPS) is 28.4. The number of aldehydes is 1. The Labute approximate surface area is 159 Å². The first-order valence-corrected chi connectivity index (χ1v) is 8.87. The number of imidazole rings is 1. The van der Waals surface area contributed by atoms with Crippen molar-refractivity contribution in [2.45, 2.75) is 44.2 Å². The molecular weight excluding hydrogens is 364 g/mol. The van der Waals surface area contributed by atoms with Gasteiger partial charge in [-0.15, -0.1) is 0 Å². The number of nitrogens with zero attached hydrogens (tertiary/aromatic N) is 5. The van der Waals surface area contributed by atoms with Crippen LogP contribution in [0.2, 0.25) is 0 Å². The standard InChI is InChI=1S/C18H18N6O4/c1-18(2)27-13-11(7-25)26-17(14(13)28-18)24-9-22-12-15(20-8-21-16(12)24)23-10-4-3-5-19-6-10/h3-9,11,13-14,17H,1-2H3,(H,20,21,23)/t11-,13-,14+,17+/m0/s1. The summed E-state index contributed by atoms with van der Waals surface area (Å²) in [6.45, 7) is 3.63. The van der Waals surface area contributed by atoms with E-state index in [0.717, 1.165) is 12.0 Å². The van der Waals surface area contributed by atoms with Crippen molar-refractivity contribution >= 4 is 29.0 Å². The van der Waals surface area contributed by atoms with Gasteiger partial charge in [-0.05, 0) is 26.0 Å². The summed E-state index contributed by atoms with van der Waals surface area (Å²) < 4.78 is 19.5. The number of pyridine rings is 1. The average molecular weight is 382 g/mol. The van der Waals surface area contributed by atoms with Gasteiger partial charge in [0.25, 0.3) is 0 Å². The molecule has 0 amide bonds. The minimum Gasteiger partial charge on any atom is -0.341 e. The largest absolute Gasteiger partial charge is 0.341 e. The Bertz CT molecular complexity index is 1020. The third-order valence-corrected chi connectivity index (χ3v) is 4.76. The zero-order valence-corrected chi connectivity index (χ0v) is 15.2. The first kappa shape index (κ1) is 17.2. The van der Waals surface area contributed by atoms with E-state index in [1.54, 1.807) is 23.3 Å². The smallest absolute Gasteiger partial charge is 0.167 e. The Kier molecular flexibility index (Phi) is 3.86. The molecule has 1 N–H and O–H groups in total. The van der Waals surface area contributed by atoms with Gasteiger partial charge in [-0.2, -0.15) is 0 Å². The molecule has 0 radical (unpaired) electrons. The van der Waals surface area contributed by atoms with Crippen LogP contribution in [0.5, 0.6) is 0 Å². The van der Waals surface area contributed by atoms with Crippen molar-refractivity contribution in [2.75, 3.05) is 5.32 Å². The maximum absolute atomic E-state index is 11.5. The second-order valence-electron chi connectivity index (χ2n) is 7.11. The Morgan fingerprint density at radius 1 is 1.21 bits per heavy atom. The lowest BCUT2D eigenvalue weighted by atomic mass is 10.1. The summed E-state index contributed by atoms with van der Waals surface area (Å²) >= 11 is 0. The molecule has 0 aromatic carbocycles. The number of anilines is 2. The van der Waals surface area contributed by atoms with Gasteiger partial charge in [-0.3, -0.25) is 9.55 Å². The average Bonchev–Trinajstić information content (AvgIpc) is 3.33. The molecule has 0 aliphatic carbocycles. The number of nitrogens with one attached hydrogen (secondary N) is 1. The van der Waals surface area contributed by atoms with E-state index in [-0.39, 0.29) is 0 Å². The molecule has 2 saturated heterocycles. The molecule has 0 bridgehead atoms. The summed E-state index contributed by atoms with van der Waals surface area (Å²) in [5, 5.41) is 3.19. The molecule has 2 aliphatic rings. The topological polar surface area (TPSA) is 113 Å². The van der Waals surface area contributed by atoms with E-state index in [2.05, 4.69) is 25.3 Å². The van der Waals surface area contributed by atoms with E-state index in [1.165, 1.54) is 6.33 Å². The number of hydrogen-bond acceptors (Lipinski definition) is 9. The third-order valence-electron chi connectivity index (χ3n) is 4.76. The third kappa shape index (κ3) is 2.73. The fraction of sp³-hybridized carbons (Fsp3) is 0.389. The van der Waals surface area contributed by atoms with Gasteiger partial charge in [0, 0.05) is 6.20 Å². The van der Waals surface area contributed by atoms with E-state index in [4.69, 9.17) is 14.2 Å². The summed E-state index contributed by atoms with van der Waals surface area (Å²) in [7, 11) is 0. The van der Waals surface area contributed by atoms with Crippen LogP contribution < -0.4 is 5.32 Å². The van der Waals surface area contributed by atoms with Crippen molar-refractivity contribution in [2.24, 2.45) is 0 Å². The van der Waals surface area contributed by atoms with Crippen molar-refractivity contribution in [3.05, 3.63) is 37.2 Å². The minimum absolute atomic E-state index is 0.452. The molecule has 0 unspecified atom stereocenters. The number of fused-ring (bicyclic) bond motifs is 2. The molecule has 4 atom stereocenters. The highest BCUT2D eigenvalue weighted by Crippen LogP contribution is 2.43. The van der Waals surface area contributed by atoms with Crippen LogP contribution in [0, 0.1) is 0 Å². The lowest BCUT2D eigenvalue weighted by molar-refractivity contribution is -0.194. The lowest BCUT2D eigenvalue weighted by Crippen LogP contribution is -2.30. The van der Waals surface area contributed by atoms with Crippen LogP contribution in [0.4, 0.5) is 11.5 Å². The van der Waals surface area contributed by atoms with Crippen molar-refractivity contribution in [3.8, 4) is 0 Å². The fourth-order valence-corrected chi connectivity index (χ4v) is 3.64. The Hall–Kier alpha value is -2.95. The highest BCUT2D eigenvalue weighted by Gasteiger charge is 2.56. The SMILES string of the molecule is CC1(C)O[C@@H]2[C@@H](O1)[C@H](n1cnc3c(Nc4cccnc4)ncnc31)O[C@H]2C=O. The highest BCUT2D eigenvalue weighted by molar-refractivity contribution is 5.85. The molecule has 10 nitrogen and oxygen atoms in total. The lowest BCUT2D eigenvalue weighted by Gasteiger charge is -2.23. The van der Waals surface area contributed by atoms with E-state index in [9.17, 15) is 4.79 Å². The van der Waals surface area contributed by atoms with Crippen molar-refractivity contribution in [1.82, 2.24) is 24.5 Å². The number of carbonyl (C=O) groups excluding carboxylic acids is 1. The van der Waals surface area contributed by atoms with Crippen molar-refractivity contribution in [3.63, 3.8) is 0 Å². The first-order valence-electron chi connectivity index (χ1n) is 8.87. The first-order chi connectivity index (χ1) is 13.6. The van der Waals surface area contributed by atoms with Gasteiger partial charge in [-0.1, -0.05) is 0 Å². The minimum atomic E-state index is -0.795. The molecule has 0 saturated carbocycles. The predicted molar refractivity (Wildman–Crippen MR) is 96.6 cm³/mol. The van der Waals surface area contributed by atoms with Gasteiger partial charge in [0.2, 0.25) is 0 Å². The van der Waals surface area contributed by atoms with E-state index >= 15 is 0 Å². The van der Waals surface area contributed by atoms with Crippen LogP contribution in [-0.4, -0.2) is 54.9 Å². The van der Waals surface area contributed by atoms with Crippen LogP contribution in [0.3, 0.4) is 0 Å². The summed E-state index contributed by atoms with van der Waals surface area (Å²) in [6.07, 6.45) is 4.94. The monoisotopic (exact) mass is 382 g/mol. The van der Waals surface area contributed by atoms with E-state index in [1.807, 2.05) is 26.0 Å². The van der Waals surface area contributed by atoms with Gasteiger partial charge < -0.3 is 24.3 Å². The van der Waals surface area contributed by atoms with Crippen molar-refractivity contribution < 1.29 is 19.0 Å². The molecule has 2 fully saturated rings. The number of hydrogen-bond donors (Lipinski definition) is 1. The van der Waals surface area contributed by atoms with E-state index in [0.29, 0.717) is 17.0 Å². The van der Waals surface area contributed by atoms with Crippen LogP contribution in [-0.2, 0) is 19.0 Å². The van der Waals surface area contributed by atoms with Gasteiger partial charge in [0.15, 0.2) is 35.3 Å². The zero-order chi connectivity index (χ0) is 19.3.